The summed E-state index contributed by atoms with van der Waals surface area (Å²) in [5, 5.41) is 2.77. The maximum Gasteiger partial charge on any atom is 0.243 e. The van der Waals surface area contributed by atoms with E-state index in [2.05, 4.69) is 5.32 Å². The van der Waals surface area contributed by atoms with Gasteiger partial charge in [0.05, 0.1) is 24.1 Å². The maximum absolute atomic E-state index is 13.0. The van der Waals surface area contributed by atoms with Crippen molar-refractivity contribution in [3.63, 3.8) is 0 Å². The van der Waals surface area contributed by atoms with Crippen LogP contribution in [-0.4, -0.2) is 38.8 Å². The lowest BCUT2D eigenvalue weighted by atomic mass is 10.1. The smallest absolute Gasteiger partial charge is 0.243 e. The minimum absolute atomic E-state index is 0.0706. The van der Waals surface area contributed by atoms with Crippen LogP contribution in [0.5, 0.6) is 5.75 Å². The van der Waals surface area contributed by atoms with Crippen LogP contribution in [-0.2, 0) is 14.8 Å². The van der Waals surface area contributed by atoms with Gasteiger partial charge in [-0.05, 0) is 55.8 Å². The Morgan fingerprint density at radius 3 is 2.30 bits per heavy atom. The third-order valence-corrected chi connectivity index (χ3v) is 5.77. The van der Waals surface area contributed by atoms with E-state index in [9.17, 15) is 17.6 Å². The number of nitrogens with one attached hydrogen (secondary N) is 1. The van der Waals surface area contributed by atoms with Crippen LogP contribution in [0.25, 0.3) is 0 Å². The average Bonchev–Trinajstić information content (AvgIpc) is 2.62. The lowest BCUT2D eigenvalue weighted by Crippen LogP contribution is -2.39. The van der Waals surface area contributed by atoms with E-state index in [1.807, 2.05) is 38.1 Å². The predicted molar refractivity (Wildman–Crippen MR) is 100 cm³/mol. The molecule has 0 aliphatic heterocycles. The molecule has 0 spiro atoms. The van der Waals surface area contributed by atoms with Gasteiger partial charge in [0.25, 0.3) is 0 Å². The third-order valence-electron chi connectivity index (χ3n) is 3.96. The van der Waals surface area contributed by atoms with Gasteiger partial charge < -0.3 is 10.1 Å². The summed E-state index contributed by atoms with van der Waals surface area (Å²) in [6.07, 6.45) is 0. The molecule has 0 saturated carbocycles. The van der Waals surface area contributed by atoms with Crippen molar-refractivity contribution in [3.05, 3.63) is 59.9 Å². The molecule has 0 fully saturated rings. The second kappa shape index (κ2) is 8.96. The van der Waals surface area contributed by atoms with Gasteiger partial charge in [-0.2, -0.15) is 4.31 Å². The van der Waals surface area contributed by atoms with Crippen molar-refractivity contribution in [2.24, 2.45) is 0 Å². The van der Waals surface area contributed by atoms with Gasteiger partial charge >= 0.3 is 0 Å². The summed E-state index contributed by atoms with van der Waals surface area (Å²) in [4.78, 5) is 12.2. The number of ether oxygens (including phenoxy) is 1. The molecule has 0 aliphatic rings. The number of hydrogen-bond acceptors (Lipinski definition) is 4. The molecule has 0 aliphatic carbocycles. The van der Waals surface area contributed by atoms with Gasteiger partial charge in [-0.15, -0.1) is 0 Å². The minimum Gasteiger partial charge on any atom is -0.494 e. The van der Waals surface area contributed by atoms with Gasteiger partial charge in [-0.3, -0.25) is 4.79 Å². The Balaban J connectivity index is 1.98. The van der Waals surface area contributed by atoms with E-state index in [1.54, 1.807) is 0 Å². The van der Waals surface area contributed by atoms with Crippen LogP contribution in [0.15, 0.2) is 53.4 Å². The first kappa shape index (κ1) is 20.9. The van der Waals surface area contributed by atoms with Crippen molar-refractivity contribution in [2.75, 3.05) is 20.2 Å². The topological polar surface area (TPSA) is 75.7 Å². The van der Waals surface area contributed by atoms with Crippen LogP contribution in [0.4, 0.5) is 4.39 Å². The summed E-state index contributed by atoms with van der Waals surface area (Å²) in [6, 6.07) is 11.5. The Labute approximate surface area is 159 Å². The number of benzene rings is 2. The molecule has 1 unspecified atom stereocenters. The first-order valence-corrected chi connectivity index (χ1v) is 9.92. The van der Waals surface area contributed by atoms with E-state index in [0.717, 1.165) is 27.8 Å². The normalized spacial score (nSPS) is 12.6. The van der Waals surface area contributed by atoms with Crippen molar-refractivity contribution in [1.82, 2.24) is 9.62 Å². The summed E-state index contributed by atoms with van der Waals surface area (Å²) < 4.78 is 44.2. The van der Waals surface area contributed by atoms with Crippen molar-refractivity contribution in [2.45, 2.75) is 24.8 Å². The first-order chi connectivity index (χ1) is 12.7. The molecule has 0 aromatic heterocycles. The van der Waals surface area contributed by atoms with Crippen molar-refractivity contribution in [3.8, 4) is 5.75 Å². The van der Waals surface area contributed by atoms with E-state index >= 15 is 0 Å². The van der Waals surface area contributed by atoms with Crippen molar-refractivity contribution >= 4 is 15.9 Å². The van der Waals surface area contributed by atoms with Gasteiger partial charge in [-0.25, -0.2) is 12.8 Å². The molecule has 0 radical (unpaired) electrons. The maximum atomic E-state index is 13.0. The molecule has 2 rings (SSSR count). The van der Waals surface area contributed by atoms with Crippen molar-refractivity contribution < 1.29 is 22.3 Å². The zero-order valence-corrected chi connectivity index (χ0v) is 16.3. The summed E-state index contributed by atoms with van der Waals surface area (Å²) >= 11 is 0. The highest BCUT2D eigenvalue weighted by Gasteiger charge is 2.23. The molecule has 6 nitrogen and oxygen atoms in total. The minimum atomic E-state index is -3.87. The lowest BCUT2D eigenvalue weighted by molar-refractivity contribution is -0.121. The lowest BCUT2D eigenvalue weighted by Gasteiger charge is -2.19. The molecule has 1 atom stereocenters. The molecule has 1 N–H and O–H groups in total. The summed E-state index contributed by atoms with van der Waals surface area (Å²) in [7, 11) is -2.57. The quantitative estimate of drug-likeness (QED) is 0.747. The summed E-state index contributed by atoms with van der Waals surface area (Å²) in [5.41, 5.74) is 0.871. The van der Waals surface area contributed by atoms with Gasteiger partial charge in [0.15, 0.2) is 0 Å². The Hall–Kier alpha value is -2.45. The second-order valence-corrected chi connectivity index (χ2v) is 8.05. The number of carbonyl (C=O) groups is 1. The number of halogens is 1. The predicted octanol–water partition coefficient (Wildman–Crippen LogP) is 2.72. The molecule has 0 bridgehead atoms. The number of amides is 1. The number of rotatable bonds is 8. The molecule has 146 valence electrons. The zero-order valence-electron chi connectivity index (χ0n) is 15.5. The number of hydrogen-bond donors (Lipinski definition) is 1. The Morgan fingerprint density at radius 2 is 1.74 bits per heavy atom. The zero-order chi connectivity index (χ0) is 20.0. The van der Waals surface area contributed by atoms with Crippen LogP contribution in [0.1, 0.15) is 25.5 Å². The Bertz CT molecular complexity index is 868. The highest BCUT2D eigenvalue weighted by atomic mass is 32.2. The van der Waals surface area contributed by atoms with Crippen molar-refractivity contribution in [1.29, 1.82) is 0 Å². The van der Waals surface area contributed by atoms with E-state index in [1.165, 1.54) is 19.2 Å². The number of nitrogens with zero attached hydrogens (tertiary/aromatic N) is 1. The Kier molecular flexibility index (Phi) is 6.92. The first-order valence-electron chi connectivity index (χ1n) is 8.48. The average molecular weight is 394 g/mol. The largest absolute Gasteiger partial charge is 0.494 e. The Morgan fingerprint density at radius 1 is 1.15 bits per heavy atom. The number of sulfonamides is 1. The van der Waals surface area contributed by atoms with E-state index < -0.39 is 21.7 Å². The molecule has 2 aromatic carbocycles. The third kappa shape index (κ3) is 5.51. The van der Waals surface area contributed by atoms with Gasteiger partial charge in [0, 0.05) is 7.05 Å². The highest BCUT2D eigenvalue weighted by molar-refractivity contribution is 7.89. The van der Waals surface area contributed by atoms with Gasteiger partial charge in [0.2, 0.25) is 15.9 Å². The molecule has 2 aromatic rings. The highest BCUT2D eigenvalue weighted by Crippen LogP contribution is 2.18. The molecule has 1 amide bonds. The molecule has 8 heteroatoms. The number of likely N-dealkylation sites (N-methyl/N-ethyl adjacent to an activating group) is 1. The van der Waals surface area contributed by atoms with Crippen LogP contribution in [0.2, 0.25) is 0 Å². The fraction of sp³-hybridized carbons (Fsp3) is 0.316. The standard InChI is InChI=1S/C19H23FN2O4S/c1-4-26-17-9-5-15(6-10-17)14(2)21-19(23)13-22(3)27(24,25)18-11-7-16(20)8-12-18/h5-12,14H,4,13H2,1-3H3,(H,21,23). The molecule has 27 heavy (non-hydrogen) atoms. The van der Waals surface area contributed by atoms with Crippen LogP contribution < -0.4 is 10.1 Å². The summed E-state index contributed by atoms with van der Waals surface area (Å²) in [5.74, 6) is -0.229. The molecular weight excluding hydrogens is 371 g/mol. The van der Waals surface area contributed by atoms with E-state index in [0.29, 0.717) is 6.61 Å². The molecule has 0 saturated heterocycles. The molecule has 0 heterocycles. The van der Waals surface area contributed by atoms with Crippen LogP contribution >= 0.6 is 0 Å². The van der Waals surface area contributed by atoms with E-state index in [-0.39, 0.29) is 17.5 Å². The second-order valence-electron chi connectivity index (χ2n) is 6.01. The van der Waals surface area contributed by atoms with Gasteiger partial charge in [0.1, 0.15) is 11.6 Å². The number of carbonyl (C=O) groups excluding carboxylic acids is 1. The van der Waals surface area contributed by atoms with Gasteiger partial charge in [-0.1, -0.05) is 12.1 Å². The molecular formula is C19H23FN2O4S. The monoisotopic (exact) mass is 394 g/mol. The van der Waals surface area contributed by atoms with E-state index in [4.69, 9.17) is 4.74 Å². The fourth-order valence-electron chi connectivity index (χ4n) is 2.46. The van der Waals surface area contributed by atoms with Crippen LogP contribution in [0, 0.1) is 5.82 Å². The van der Waals surface area contributed by atoms with Crippen LogP contribution in [0.3, 0.4) is 0 Å². The SMILES string of the molecule is CCOc1ccc(C(C)NC(=O)CN(C)S(=O)(=O)c2ccc(F)cc2)cc1. The fourth-order valence-corrected chi connectivity index (χ4v) is 3.59. The summed E-state index contributed by atoms with van der Waals surface area (Å²) in [6.45, 7) is 3.93.